The third-order valence-electron chi connectivity index (χ3n) is 4.19. The molecule has 0 amide bonds. The van der Waals surface area contributed by atoms with Gasteiger partial charge in [-0.15, -0.1) is 0 Å². The third-order valence-corrected chi connectivity index (χ3v) is 4.47. The second-order valence-corrected chi connectivity index (χ2v) is 5.73. The lowest BCUT2D eigenvalue weighted by molar-refractivity contribution is 0.263. The fraction of sp³-hybridized carbons (Fsp3) is 0.571. The minimum atomic E-state index is 0.367. The number of H-pyrrole nitrogens is 1. The van der Waals surface area contributed by atoms with E-state index in [0.29, 0.717) is 16.7 Å². The molecule has 1 atom stereocenters. The summed E-state index contributed by atoms with van der Waals surface area (Å²) in [5.74, 6) is 2.27. The van der Waals surface area contributed by atoms with Crippen LogP contribution in [0.5, 0.6) is 0 Å². The van der Waals surface area contributed by atoms with E-state index in [0.717, 1.165) is 11.6 Å². The average Bonchev–Trinajstić information content (AvgIpc) is 3.08. The highest BCUT2D eigenvalue weighted by Gasteiger charge is 2.25. The molecular formula is C14H19N3OS. The molecule has 1 N–H and O–H groups in total. The zero-order valence-electron chi connectivity index (χ0n) is 11.1. The van der Waals surface area contributed by atoms with Crippen molar-refractivity contribution < 1.29 is 4.42 Å². The summed E-state index contributed by atoms with van der Waals surface area (Å²) in [5, 5.41) is 7.23. The third kappa shape index (κ3) is 2.39. The van der Waals surface area contributed by atoms with Crippen LogP contribution in [0.25, 0.3) is 11.6 Å². The Labute approximate surface area is 117 Å². The lowest BCUT2D eigenvalue weighted by Crippen LogP contribution is -2.20. The number of nitrogens with zero attached hydrogens (tertiary/aromatic N) is 2. The highest BCUT2D eigenvalue weighted by molar-refractivity contribution is 7.71. The number of hydrogen-bond acceptors (Lipinski definition) is 3. The van der Waals surface area contributed by atoms with Crippen LogP contribution in [0, 0.1) is 10.7 Å². The maximum Gasteiger partial charge on any atom is 0.198 e. The lowest BCUT2D eigenvalue weighted by atomic mass is 9.84. The molecule has 1 aliphatic carbocycles. The normalized spacial score (nSPS) is 18.6. The summed E-state index contributed by atoms with van der Waals surface area (Å²) in [6.07, 6.45) is 8.26. The first-order chi connectivity index (χ1) is 9.27. The maximum absolute atomic E-state index is 5.46. The Hall–Kier alpha value is -1.36. The zero-order valence-corrected chi connectivity index (χ0v) is 11.9. The molecule has 3 rings (SSSR count). The van der Waals surface area contributed by atoms with Gasteiger partial charge in [-0.25, -0.2) is 0 Å². The molecule has 0 saturated heterocycles. The smallest absolute Gasteiger partial charge is 0.198 e. The molecule has 1 aliphatic rings. The molecule has 5 heteroatoms. The van der Waals surface area contributed by atoms with Crippen LogP contribution < -0.4 is 0 Å². The Morgan fingerprint density at radius 1 is 1.42 bits per heavy atom. The molecule has 1 saturated carbocycles. The van der Waals surface area contributed by atoms with E-state index in [1.54, 1.807) is 6.26 Å². The number of aromatic nitrogens is 3. The summed E-state index contributed by atoms with van der Waals surface area (Å²) in [6.45, 7) is 2.24. The molecule has 0 aliphatic heterocycles. The molecule has 102 valence electrons. The van der Waals surface area contributed by atoms with Gasteiger partial charge in [-0.3, -0.25) is 9.67 Å². The van der Waals surface area contributed by atoms with Crippen LogP contribution in [-0.4, -0.2) is 14.8 Å². The Morgan fingerprint density at radius 3 is 2.89 bits per heavy atom. The Morgan fingerprint density at radius 2 is 2.21 bits per heavy atom. The summed E-state index contributed by atoms with van der Waals surface area (Å²) in [4.78, 5) is 0. The van der Waals surface area contributed by atoms with Gasteiger partial charge in [-0.1, -0.05) is 19.3 Å². The predicted octanol–water partition coefficient (Wildman–Crippen LogP) is 4.34. The molecule has 19 heavy (non-hydrogen) atoms. The van der Waals surface area contributed by atoms with Crippen LogP contribution in [0.15, 0.2) is 22.8 Å². The summed E-state index contributed by atoms with van der Waals surface area (Å²) in [5.41, 5.74) is 0. The SMILES string of the molecule is C[C@@H](C1CCCCC1)n1c(-c2ccco2)n[nH]c1=S. The Kier molecular flexibility index (Phi) is 3.55. The van der Waals surface area contributed by atoms with Crippen LogP contribution in [0.2, 0.25) is 0 Å². The molecule has 2 aromatic rings. The first-order valence-corrected chi connectivity index (χ1v) is 7.39. The van der Waals surface area contributed by atoms with Crippen molar-refractivity contribution >= 4 is 12.2 Å². The van der Waals surface area contributed by atoms with Crippen LogP contribution in [0.4, 0.5) is 0 Å². The standard InChI is InChI=1S/C14H19N3OS/c1-10(11-6-3-2-4-7-11)17-13(15-16-14(17)19)12-8-5-9-18-12/h5,8-11H,2-4,6-7H2,1H3,(H,16,19)/t10-/m0/s1. The number of hydrogen-bond donors (Lipinski definition) is 1. The lowest BCUT2D eigenvalue weighted by Gasteiger charge is -2.28. The summed E-state index contributed by atoms with van der Waals surface area (Å²) < 4.78 is 8.26. The van der Waals surface area contributed by atoms with E-state index in [-0.39, 0.29) is 0 Å². The minimum Gasteiger partial charge on any atom is -0.461 e. The van der Waals surface area contributed by atoms with Gasteiger partial charge in [0.2, 0.25) is 0 Å². The first-order valence-electron chi connectivity index (χ1n) is 6.98. The summed E-state index contributed by atoms with van der Waals surface area (Å²) >= 11 is 5.40. The van der Waals surface area contributed by atoms with Crippen LogP contribution in [0.1, 0.15) is 45.1 Å². The van der Waals surface area contributed by atoms with Crippen molar-refractivity contribution in [2.45, 2.75) is 45.1 Å². The highest BCUT2D eigenvalue weighted by Crippen LogP contribution is 2.34. The van der Waals surface area contributed by atoms with Crippen LogP contribution >= 0.6 is 12.2 Å². The quantitative estimate of drug-likeness (QED) is 0.849. The highest BCUT2D eigenvalue weighted by atomic mass is 32.1. The molecular weight excluding hydrogens is 258 g/mol. The van der Waals surface area contributed by atoms with Crippen molar-refractivity contribution in [1.82, 2.24) is 14.8 Å². The van der Waals surface area contributed by atoms with Gasteiger partial charge in [-0.2, -0.15) is 5.10 Å². The second kappa shape index (κ2) is 5.33. The molecule has 2 heterocycles. The molecule has 4 nitrogen and oxygen atoms in total. The van der Waals surface area contributed by atoms with Crippen molar-refractivity contribution in [2.24, 2.45) is 5.92 Å². The van der Waals surface area contributed by atoms with Gasteiger partial charge in [0.1, 0.15) is 0 Å². The summed E-state index contributed by atoms with van der Waals surface area (Å²) in [7, 11) is 0. The van der Waals surface area contributed by atoms with Gasteiger partial charge in [0, 0.05) is 6.04 Å². The van der Waals surface area contributed by atoms with E-state index in [2.05, 4.69) is 21.7 Å². The van der Waals surface area contributed by atoms with Crippen molar-refractivity contribution in [3.63, 3.8) is 0 Å². The number of nitrogens with one attached hydrogen (secondary N) is 1. The molecule has 0 aromatic carbocycles. The van der Waals surface area contributed by atoms with Gasteiger partial charge in [0.05, 0.1) is 6.26 Å². The zero-order chi connectivity index (χ0) is 13.2. The summed E-state index contributed by atoms with van der Waals surface area (Å²) in [6, 6.07) is 4.17. The van der Waals surface area contributed by atoms with E-state index in [1.807, 2.05) is 12.1 Å². The van der Waals surface area contributed by atoms with Crippen LogP contribution in [0.3, 0.4) is 0 Å². The van der Waals surface area contributed by atoms with E-state index in [4.69, 9.17) is 16.6 Å². The molecule has 0 spiro atoms. The fourth-order valence-electron chi connectivity index (χ4n) is 3.09. The average molecular weight is 277 g/mol. The van der Waals surface area contributed by atoms with E-state index in [1.165, 1.54) is 32.1 Å². The van der Waals surface area contributed by atoms with Crippen molar-refractivity contribution in [1.29, 1.82) is 0 Å². The fourth-order valence-corrected chi connectivity index (χ4v) is 3.39. The molecule has 2 aromatic heterocycles. The van der Waals surface area contributed by atoms with Crippen molar-refractivity contribution in [3.05, 3.63) is 23.2 Å². The van der Waals surface area contributed by atoms with Gasteiger partial charge >= 0.3 is 0 Å². The maximum atomic E-state index is 5.46. The van der Waals surface area contributed by atoms with Crippen molar-refractivity contribution in [2.75, 3.05) is 0 Å². The van der Waals surface area contributed by atoms with Gasteiger partial charge in [0.25, 0.3) is 0 Å². The molecule has 0 bridgehead atoms. The monoisotopic (exact) mass is 277 g/mol. The van der Waals surface area contributed by atoms with Crippen LogP contribution in [-0.2, 0) is 0 Å². The van der Waals surface area contributed by atoms with Gasteiger partial charge < -0.3 is 4.42 Å². The minimum absolute atomic E-state index is 0.367. The number of furan rings is 1. The first kappa shape index (κ1) is 12.7. The van der Waals surface area contributed by atoms with E-state index < -0.39 is 0 Å². The largest absolute Gasteiger partial charge is 0.461 e. The molecule has 0 unspecified atom stereocenters. The molecule has 0 radical (unpaired) electrons. The topological polar surface area (TPSA) is 46.8 Å². The van der Waals surface area contributed by atoms with Crippen molar-refractivity contribution in [3.8, 4) is 11.6 Å². The Bertz CT molecular complexity index is 578. The number of rotatable bonds is 3. The van der Waals surface area contributed by atoms with E-state index >= 15 is 0 Å². The predicted molar refractivity (Wildman–Crippen MR) is 76.4 cm³/mol. The van der Waals surface area contributed by atoms with E-state index in [9.17, 15) is 0 Å². The van der Waals surface area contributed by atoms with Gasteiger partial charge in [0.15, 0.2) is 16.4 Å². The second-order valence-electron chi connectivity index (χ2n) is 5.34. The Balaban J connectivity index is 1.95. The molecule has 1 fully saturated rings. The van der Waals surface area contributed by atoms with Gasteiger partial charge in [-0.05, 0) is 50.0 Å². The number of aromatic amines is 1.